The number of nitrogens with one attached hydrogen (secondary N) is 1. The lowest BCUT2D eigenvalue weighted by molar-refractivity contribution is 0.196. The maximum absolute atomic E-state index is 5.96. The van der Waals surface area contributed by atoms with Crippen molar-refractivity contribution in [1.82, 2.24) is 10.3 Å². The van der Waals surface area contributed by atoms with Crippen LogP contribution in [-0.4, -0.2) is 31.3 Å². The van der Waals surface area contributed by atoms with E-state index in [0.717, 1.165) is 36.5 Å². The fourth-order valence-electron chi connectivity index (χ4n) is 1.89. The van der Waals surface area contributed by atoms with Crippen molar-refractivity contribution in [3.05, 3.63) is 23.5 Å². The van der Waals surface area contributed by atoms with Gasteiger partial charge in [0.25, 0.3) is 0 Å². The Morgan fingerprint density at radius 3 is 2.84 bits per heavy atom. The highest BCUT2D eigenvalue weighted by atomic mass is 16.5. The number of ether oxygens (including phenoxy) is 2. The van der Waals surface area contributed by atoms with Gasteiger partial charge in [-0.2, -0.15) is 0 Å². The van der Waals surface area contributed by atoms with Gasteiger partial charge in [-0.3, -0.25) is 4.98 Å². The van der Waals surface area contributed by atoms with Gasteiger partial charge in [0.05, 0.1) is 18.4 Å². The summed E-state index contributed by atoms with van der Waals surface area (Å²) >= 11 is 0. The highest BCUT2D eigenvalue weighted by Gasteiger charge is 2.09. The SMILES string of the molecule is CCCC(C)Oc1ccc(C)nc1CNCCOC. The van der Waals surface area contributed by atoms with Crippen LogP contribution in [0.1, 0.15) is 38.1 Å². The molecule has 4 heteroatoms. The summed E-state index contributed by atoms with van der Waals surface area (Å²) in [6.07, 6.45) is 2.42. The van der Waals surface area contributed by atoms with Gasteiger partial charge < -0.3 is 14.8 Å². The van der Waals surface area contributed by atoms with Crippen LogP contribution in [0.25, 0.3) is 0 Å². The predicted molar refractivity (Wildman–Crippen MR) is 77.6 cm³/mol. The predicted octanol–water partition coefficient (Wildman–Crippen LogP) is 2.69. The van der Waals surface area contributed by atoms with Crippen molar-refractivity contribution in [2.45, 2.75) is 46.3 Å². The van der Waals surface area contributed by atoms with E-state index >= 15 is 0 Å². The molecule has 0 amide bonds. The Labute approximate surface area is 116 Å². The number of hydrogen-bond acceptors (Lipinski definition) is 4. The minimum Gasteiger partial charge on any atom is -0.489 e. The normalized spacial score (nSPS) is 12.4. The molecule has 0 aliphatic carbocycles. The summed E-state index contributed by atoms with van der Waals surface area (Å²) in [6, 6.07) is 4.01. The van der Waals surface area contributed by atoms with E-state index in [2.05, 4.69) is 24.1 Å². The molecule has 0 aliphatic rings. The van der Waals surface area contributed by atoms with E-state index in [1.54, 1.807) is 7.11 Å². The molecule has 1 atom stereocenters. The second-order valence-corrected chi connectivity index (χ2v) is 4.78. The summed E-state index contributed by atoms with van der Waals surface area (Å²) in [5.41, 5.74) is 1.98. The summed E-state index contributed by atoms with van der Waals surface area (Å²) in [7, 11) is 1.70. The van der Waals surface area contributed by atoms with Crippen LogP contribution in [0.3, 0.4) is 0 Å². The molecular formula is C15H26N2O2. The average molecular weight is 266 g/mol. The maximum atomic E-state index is 5.96. The molecule has 0 aliphatic heterocycles. The molecular weight excluding hydrogens is 240 g/mol. The first-order chi connectivity index (χ1) is 9.17. The third kappa shape index (κ3) is 6.03. The van der Waals surface area contributed by atoms with Gasteiger partial charge in [0.2, 0.25) is 0 Å². The zero-order chi connectivity index (χ0) is 14.1. The molecule has 1 heterocycles. The zero-order valence-electron chi connectivity index (χ0n) is 12.5. The minimum atomic E-state index is 0.229. The lowest BCUT2D eigenvalue weighted by Crippen LogP contribution is -2.21. The van der Waals surface area contributed by atoms with Crippen LogP contribution in [0.15, 0.2) is 12.1 Å². The zero-order valence-corrected chi connectivity index (χ0v) is 12.5. The Hall–Kier alpha value is -1.13. The summed E-state index contributed by atoms with van der Waals surface area (Å²) in [6.45, 7) is 8.49. The Kier molecular flexibility index (Phi) is 7.45. The number of aryl methyl sites for hydroxylation is 1. The van der Waals surface area contributed by atoms with Gasteiger partial charge in [-0.1, -0.05) is 13.3 Å². The van der Waals surface area contributed by atoms with Crippen molar-refractivity contribution in [3.63, 3.8) is 0 Å². The quantitative estimate of drug-likeness (QED) is 0.698. The van der Waals surface area contributed by atoms with Gasteiger partial charge in [0.15, 0.2) is 0 Å². The monoisotopic (exact) mass is 266 g/mol. The lowest BCUT2D eigenvalue weighted by Gasteiger charge is -2.17. The third-order valence-corrected chi connectivity index (χ3v) is 2.87. The van der Waals surface area contributed by atoms with Crippen LogP contribution in [0, 0.1) is 6.92 Å². The number of aromatic nitrogens is 1. The molecule has 4 nitrogen and oxygen atoms in total. The number of rotatable bonds is 9. The van der Waals surface area contributed by atoms with Crippen LogP contribution < -0.4 is 10.1 Å². The van der Waals surface area contributed by atoms with Gasteiger partial charge in [0, 0.05) is 25.9 Å². The van der Waals surface area contributed by atoms with Gasteiger partial charge in [0.1, 0.15) is 5.75 Å². The van der Waals surface area contributed by atoms with E-state index < -0.39 is 0 Å². The van der Waals surface area contributed by atoms with Gasteiger partial charge in [-0.15, -0.1) is 0 Å². The highest BCUT2D eigenvalue weighted by molar-refractivity contribution is 5.29. The molecule has 1 aromatic rings. The Morgan fingerprint density at radius 2 is 2.16 bits per heavy atom. The summed E-state index contributed by atoms with van der Waals surface area (Å²) < 4.78 is 11.0. The molecule has 0 saturated carbocycles. The molecule has 0 aromatic carbocycles. The summed E-state index contributed by atoms with van der Waals surface area (Å²) in [5.74, 6) is 0.886. The molecule has 1 unspecified atom stereocenters. The number of pyridine rings is 1. The number of hydrogen-bond donors (Lipinski definition) is 1. The fraction of sp³-hybridized carbons (Fsp3) is 0.667. The second-order valence-electron chi connectivity index (χ2n) is 4.78. The summed E-state index contributed by atoms with van der Waals surface area (Å²) in [5, 5.41) is 3.31. The first-order valence-corrected chi connectivity index (χ1v) is 7.00. The van der Waals surface area contributed by atoms with E-state index in [0.29, 0.717) is 13.2 Å². The van der Waals surface area contributed by atoms with Crippen LogP contribution in [0.2, 0.25) is 0 Å². The van der Waals surface area contributed by atoms with E-state index in [1.807, 2.05) is 19.1 Å². The van der Waals surface area contributed by atoms with Crippen molar-refractivity contribution in [1.29, 1.82) is 0 Å². The maximum Gasteiger partial charge on any atom is 0.142 e. The Bertz CT molecular complexity index is 369. The van der Waals surface area contributed by atoms with Crippen LogP contribution in [-0.2, 0) is 11.3 Å². The highest BCUT2D eigenvalue weighted by Crippen LogP contribution is 2.19. The minimum absolute atomic E-state index is 0.229. The van der Waals surface area contributed by atoms with Crippen LogP contribution in [0.5, 0.6) is 5.75 Å². The lowest BCUT2D eigenvalue weighted by atomic mass is 10.2. The molecule has 1 N–H and O–H groups in total. The van der Waals surface area contributed by atoms with Gasteiger partial charge in [-0.05, 0) is 32.4 Å². The second kappa shape index (κ2) is 8.88. The van der Waals surface area contributed by atoms with Crippen LogP contribution >= 0.6 is 0 Å². The molecule has 0 saturated heterocycles. The molecule has 0 fully saturated rings. The van der Waals surface area contributed by atoms with E-state index in [1.165, 1.54) is 0 Å². The molecule has 0 spiro atoms. The van der Waals surface area contributed by atoms with Crippen molar-refractivity contribution in [2.24, 2.45) is 0 Å². The molecule has 1 aromatic heterocycles. The van der Waals surface area contributed by atoms with E-state index in [-0.39, 0.29) is 6.10 Å². The van der Waals surface area contributed by atoms with Crippen molar-refractivity contribution in [3.8, 4) is 5.75 Å². The average Bonchev–Trinajstić information content (AvgIpc) is 2.38. The molecule has 108 valence electrons. The molecule has 19 heavy (non-hydrogen) atoms. The third-order valence-electron chi connectivity index (χ3n) is 2.87. The summed E-state index contributed by atoms with van der Waals surface area (Å²) in [4.78, 5) is 4.56. The van der Waals surface area contributed by atoms with Crippen molar-refractivity contribution >= 4 is 0 Å². The van der Waals surface area contributed by atoms with Crippen LogP contribution in [0.4, 0.5) is 0 Å². The van der Waals surface area contributed by atoms with E-state index in [4.69, 9.17) is 9.47 Å². The van der Waals surface area contributed by atoms with Crippen molar-refractivity contribution < 1.29 is 9.47 Å². The van der Waals surface area contributed by atoms with Gasteiger partial charge >= 0.3 is 0 Å². The number of methoxy groups -OCH3 is 1. The molecule has 1 rings (SSSR count). The largest absolute Gasteiger partial charge is 0.489 e. The van der Waals surface area contributed by atoms with E-state index in [9.17, 15) is 0 Å². The molecule has 0 radical (unpaired) electrons. The number of nitrogens with zero attached hydrogens (tertiary/aromatic N) is 1. The molecule has 0 bridgehead atoms. The topological polar surface area (TPSA) is 43.4 Å². The fourth-order valence-corrected chi connectivity index (χ4v) is 1.89. The van der Waals surface area contributed by atoms with Gasteiger partial charge in [-0.25, -0.2) is 0 Å². The first-order valence-electron chi connectivity index (χ1n) is 7.00. The first kappa shape index (κ1) is 15.9. The van der Waals surface area contributed by atoms with Crippen molar-refractivity contribution in [2.75, 3.05) is 20.3 Å². The smallest absolute Gasteiger partial charge is 0.142 e. The standard InChI is InChI=1S/C15H26N2O2/c1-5-6-13(3)19-15-8-7-12(2)17-14(15)11-16-9-10-18-4/h7-8,13,16H,5-6,9-11H2,1-4H3. The Balaban J connectivity index is 2.62. The Morgan fingerprint density at radius 1 is 1.37 bits per heavy atom.